The molecule has 0 radical (unpaired) electrons. The Morgan fingerprint density at radius 3 is 2.90 bits per heavy atom. The zero-order chi connectivity index (χ0) is 15.4. The van der Waals surface area contributed by atoms with E-state index in [1.807, 2.05) is 25.1 Å². The average Bonchev–Trinajstić information content (AvgIpc) is 2.69. The number of nitrogens with zero attached hydrogens (tertiary/aromatic N) is 3. The molecule has 2 rings (SSSR count). The number of thiocarbonyl (C=S) groups is 1. The van der Waals surface area contributed by atoms with E-state index in [1.165, 1.54) is 0 Å². The first-order chi connectivity index (χ1) is 10.0. The second-order valence-electron chi connectivity index (χ2n) is 5.04. The van der Waals surface area contributed by atoms with Gasteiger partial charge in [0.15, 0.2) is 5.69 Å². The fourth-order valence-corrected chi connectivity index (χ4v) is 2.27. The second-order valence-corrected chi connectivity index (χ2v) is 5.42. The first-order valence-corrected chi connectivity index (χ1v) is 7.43. The molecule has 0 aliphatic rings. The predicted molar refractivity (Wildman–Crippen MR) is 89.3 cm³/mol. The minimum Gasteiger partial charge on any atom is -0.493 e. The van der Waals surface area contributed by atoms with Crippen LogP contribution in [0.1, 0.15) is 25.3 Å². The van der Waals surface area contributed by atoms with Gasteiger partial charge in [0.1, 0.15) is 0 Å². The third kappa shape index (κ3) is 3.39. The van der Waals surface area contributed by atoms with E-state index >= 15 is 0 Å². The van der Waals surface area contributed by atoms with Gasteiger partial charge < -0.3 is 15.0 Å². The predicted octanol–water partition coefficient (Wildman–Crippen LogP) is 3.95. The molecule has 6 heteroatoms. The summed E-state index contributed by atoms with van der Waals surface area (Å²) in [6, 6.07) is 5.94. The van der Waals surface area contributed by atoms with Gasteiger partial charge in [-0.1, -0.05) is 25.0 Å². The molecule has 21 heavy (non-hydrogen) atoms. The molecule has 0 saturated heterocycles. The lowest BCUT2D eigenvalue weighted by Gasteiger charge is -2.00. The Morgan fingerprint density at radius 1 is 1.43 bits per heavy atom. The first-order valence-electron chi connectivity index (χ1n) is 7.02. The van der Waals surface area contributed by atoms with Gasteiger partial charge >= 0.3 is 0 Å². The first kappa shape index (κ1) is 15.4. The van der Waals surface area contributed by atoms with Crippen molar-refractivity contribution in [3.63, 3.8) is 0 Å². The van der Waals surface area contributed by atoms with Gasteiger partial charge in [-0.15, -0.1) is 10.2 Å². The maximum atomic E-state index is 10.2. The molecule has 0 saturated carbocycles. The van der Waals surface area contributed by atoms with E-state index in [0.29, 0.717) is 10.8 Å². The van der Waals surface area contributed by atoms with E-state index in [1.54, 1.807) is 11.6 Å². The van der Waals surface area contributed by atoms with Crippen molar-refractivity contribution in [3.8, 4) is 5.88 Å². The van der Waals surface area contributed by atoms with E-state index in [4.69, 9.17) is 12.2 Å². The standard InChI is InChI=1S/C15H20N4OS/c1-4-5-8-16-15(21)18-17-13-11-9-10(2)6-7-12(11)19(3)14(13)20/h6-7,9,20H,4-5,8H2,1-3H3,(H,16,21). The number of hydrogen-bond donors (Lipinski definition) is 2. The fourth-order valence-electron chi connectivity index (χ4n) is 2.13. The molecule has 0 aliphatic carbocycles. The molecule has 0 unspecified atom stereocenters. The van der Waals surface area contributed by atoms with Crippen LogP contribution in [0.3, 0.4) is 0 Å². The highest BCUT2D eigenvalue weighted by Gasteiger charge is 2.14. The topological polar surface area (TPSA) is 61.9 Å². The molecule has 1 aromatic heterocycles. The van der Waals surface area contributed by atoms with Gasteiger partial charge in [-0.3, -0.25) is 0 Å². The van der Waals surface area contributed by atoms with Crippen LogP contribution in [-0.4, -0.2) is 21.3 Å². The van der Waals surface area contributed by atoms with Crippen molar-refractivity contribution in [2.75, 3.05) is 6.54 Å². The molecule has 1 heterocycles. The number of rotatable bonds is 4. The maximum Gasteiger partial charge on any atom is 0.220 e. The van der Waals surface area contributed by atoms with Gasteiger partial charge in [0.05, 0.1) is 5.52 Å². The number of hydrogen-bond acceptors (Lipinski definition) is 3. The summed E-state index contributed by atoms with van der Waals surface area (Å²) in [6.07, 6.45) is 2.13. The molecule has 0 bridgehead atoms. The molecule has 2 aromatic rings. The van der Waals surface area contributed by atoms with Crippen LogP contribution < -0.4 is 5.32 Å². The summed E-state index contributed by atoms with van der Waals surface area (Å²) in [5.41, 5.74) is 2.47. The lowest BCUT2D eigenvalue weighted by Crippen LogP contribution is -2.19. The highest BCUT2D eigenvalue weighted by Crippen LogP contribution is 2.38. The Hall–Kier alpha value is -1.95. The molecule has 2 N–H and O–H groups in total. The lowest BCUT2D eigenvalue weighted by atomic mass is 10.1. The zero-order valence-corrected chi connectivity index (χ0v) is 13.4. The van der Waals surface area contributed by atoms with Crippen molar-refractivity contribution in [1.29, 1.82) is 0 Å². The van der Waals surface area contributed by atoms with Gasteiger partial charge in [0.25, 0.3) is 0 Å². The number of benzene rings is 1. The van der Waals surface area contributed by atoms with Crippen LogP contribution in [0, 0.1) is 6.92 Å². The Kier molecular flexibility index (Phi) is 4.90. The van der Waals surface area contributed by atoms with Gasteiger partial charge in [-0.2, -0.15) is 0 Å². The van der Waals surface area contributed by atoms with Crippen LogP contribution in [0.5, 0.6) is 5.88 Å². The number of nitrogens with one attached hydrogen (secondary N) is 1. The largest absolute Gasteiger partial charge is 0.493 e. The van der Waals surface area contributed by atoms with Crippen molar-refractivity contribution in [2.45, 2.75) is 26.7 Å². The normalized spacial score (nSPS) is 11.4. The third-order valence-corrected chi connectivity index (χ3v) is 3.57. The van der Waals surface area contributed by atoms with Crippen LogP contribution in [0.25, 0.3) is 10.9 Å². The van der Waals surface area contributed by atoms with Crippen LogP contribution >= 0.6 is 12.2 Å². The summed E-state index contributed by atoms with van der Waals surface area (Å²) in [5, 5.41) is 22.5. The van der Waals surface area contributed by atoms with E-state index in [0.717, 1.165) is 35.9 Å². The fraction of sp³-hybridized carbons (Fsp3) is 0.400. The van der Waals surface area contributed by atoms with E-state index in [2.05, 4.69) is 22.5 Å². The third-order valence-electron chi connectivity index (χ3n) is 3.35. The Labute approximate surface area is 129 Å². The van der Waals surface area contributed by atoms with Gasteiger partial charge in [-0.25, -0.2) is 0 Å². The van der Waals surface area contributed by atoms with Gasteiger partial charge in [0.2, 0.25) is 11.0 Å². The van der Waals surface area contributed by atoms with Crippen molar-refractivity contribution in [3.05, 3.63) is 23.8 Å². The van der Waals surface area contributed by atoms with Gasteiger partial charge in [0, 0.05) is 19.0 Å². The number of unbranched alkanes of at least 4 members (excludes halogenated alkanes) is 1. The highest BCUT2D eigenvalue weighted by molar-refractivity contribution is 7.80. The average molecular weight is 304 g/mol. The smallest absolute Gasteiger partial charge is 0.220 e. The van der Waals surface area contributed by atoms with Crippen molar-refractivity contribution in [1.82, 2.24) is 9.88 Å². The minimum absolute atomic E-state index is 0.0932. The SMILES string of the molecule is CCCCNC(=S)N=Nc1c(O)n(C)c2ccc(C)cc12. The molecule has 0 atom stereocenters. The van der Waals surface area contributed by atoms with E-state index in [9.17, 15) is 5.11 Å². The Balaban J connectivity index is 2.27. The van der Waals surface area contributed by atoms with E-state index in [-0.39, 0.29) is 5.88 Å². The number of aryl methyl sites for hydroxylation is 2. The van der Waals surface area contributed by atoms with Crippen LogP contribution in [-0.2, 0) is 7.05 Å². The quantitative estimate of drug-likeness (QED) is 0.511. The van der Waals surface area contributed by atoms with Crippen molar-refractivity contribution >= 4 is 33.9 Å². The van der Waals surface area contributed by atoms with Crippen molar-refractivity contribution < 1.29 is 5.11 Å². The molecule has 112 valence electrons. The summed E-state index contributed by atoms with van der Waals surface area (Å²) in [5.74, 6) is 0.0932. The summed E-state index contributed by atoms with van der Waals surface area (Å²) in [7, 11) is 1.80. The summed E-state index contributed by atoms with van der Waals surface area (Å²) in [6.45, 7) is 4.90. The van der Waals surface area contributed by atoms with Gasteiger partial charge in [-0.05, 0) is 37.7 Å². The number of fused-ring (bicyclic) bond motifs is 1. The summed E-state index contributed by atoms with van der Waals surface area (Å²) >= 11 is 5.11. The van der Waals surface area contributed by atoms with Crippen LogP contribution in [0.2, 0.25) is 0 Å². The summed E-state index contributed by atoms with van der Waals surface area (Å²) in [4.78, 5) is 0. The van der Waals surface area contributed by atoms with Crippen molar-refractivity contribution in [2.24, 2.45) is 17.3 Å². The number of aromatic hydroxyl groups is 1. The molecule has 0 amide bonds. The maximum absolute atomic E-state index is 10.2. The molecular weight excluding hydrogens is 284 g/mol. The monoisotopic (exact) mass is 304 g/mol. The minimum atomic E-state index is 0.0932. The van der Waals surface area contributed by atoms with Crippen LogP contribution in [0.15, 0.2) is 28.4 Å². The highest BCUT2D eigenvalue weighted by atomic mass is 32.1. The van der Waals surface area contributed by atoms with Crippen LogP contribution in [0.4, 0.5) is 5.69 Å². The number of aromatic nitrogens is 1. The Morgan fingerprint density at radius 2 is 2.19 bits per heavy atom. The molecule has 1 aromatic carbocycles. The molecule has 5 nitrogen and oxygen atoms in total. The Bertz CT molecular complexity index is 691. The molecule has 0 spiro atoms. The zero-order valence-electron chi connectivity index (χ0n) is 12.6. The summed E-state index contributed by atoms with van der Waals surface area (Å²) < 4.78 is 1.69. The molecule has 0 fully saturated rings. The molecular formula is C15H20N4OS. The lowest BCUT2D eigenvalue weighted by molar-refractivity contribution is 0.436. The second kappa shape index (κ2) is 6.67. The molecule has 0 aliphatic heterocycles. The van der Waals surface area contributed by atoms with E-state index < -0.39 is 0 Å². The number of azo groups is 1.